The second kappa shape index (κ2) is 8.68. The number of hydrogen-bond acceptors (Lipinski definition) is 7. The third-order valence-electron chi connectivity index (χ3n) is 3.85. The van der Waals surface area contributed by atoms with Crippen molar-refractivity contribution in [3.05, 3.63) is 57.6 Å². The number of aryl methyl sites for hydroxylation is 1. The number of nitrogens with zero attached hydrogens (tertiary/aromatic N) is 3. The van der Waals surface area contributed by atoms with Gasteiger partial charge in [0.2, 0.25) is 4.80 Å². The molecule has 0 bridgehead atoms. The van der Waals surface area contributed by atoms with Crippen LogP contribution in [0.25, 0.3) is 11.3 Å². The molecule has 3 rings (SSSR count). The fraction of sp³-hybridized carbons (Fsp3) is 0.211. The first-order valence-electron chi connectivity index (χ1n) is 8.43. The quantitative estimate of drug-likeness (QED) is 0.468. The van der Waals surface area contributed by atoms with Crippen LogP contribution in [0.3, 0.4) is 0 Å². The molecule has 9 heteroatoms. The molecule has 0 fully saturated rings. The van der Waals surface area contributed by atoms with Crippen LogP contribution in [0.1, 0.15) is 21.9 Å². The Morgan fingerprint density at radius 1 is 1.39 bits per heavy atom. The Kier molecular flexibility index (Phi) is 6.07. The van der Waals surface area contributed by atoms with E-state index in [-0.39, 0.29) is 11.3 Å². The second-order valence-electron chi connectivity index (χ2n) is 5.88. The molecule has 0 saturated carbocycles. The summed E-state index contributed by atoms with van der Waals surface area (Å²) in [6.45, 7) is 2.82. The van der Waals surface area contributed by atoms with E-state index in [4.69, 9.17) is 14.9 Å². The van der Waals surface area contributed by atoms with Crippen molar-refractivity contribution >= 4 is 23.5 Å². The number of carbonyl (C=O) groups is 1. The van der Waals surface area contributed by atoms with E-state index in [1.54, 1.807) is 24.1 Å². The van der Waals surface area contributed by atoms with Crippen molar-refractivity contribution < 1.29 is 19.1 Å². The summed E-state index contributed by atoms with van der Waals surface area (Å²) in [7, 11) is 1.61. The normalized spacial score (nSPS) is 12.1. The minimum absolute atomic E-state index is 0.0405. The number of ether oxygens (including phenoxy) is 1. The van der Waals surface area contributed by atoms with Crippen LogP contribution in [0.2, 0.25) is 0 Å². The van der Waals surface area contributed by atoms with Gasteiger partial charge in [-0.2, -0.15) is 5.10 Å². The molecule has 0 radical (unpaired) electrons. The van der Waals surface area contributed by atoms with E-state index in [9.17, 15) is 9.90 Å². The van der Waals surface area contributed by atoms with Crippen LogP contribution in [0.5, 0.6) is 5.75 Å². The zero-order valence-corrected chi connectivity index (χ0v) is 16.3. The number of aromatic nitrogens is 1. The van der Waals surface area contributed by atoms with Crippen molar-refractivity contribution in [2.24, 2.45) is 15.8 Å². The summed E-state index contributed by atoms with van der Waals surface area (Å²) in [5, 5.41) is 16.2. The van der Waals surface area contributed by atoms with Crippen molar-refractivity contribution in [2.75, 3.05) is 20.3 Å². The predicted octanol–water partition coefficient (Wildman–Crippen LogP) is 2.35. The molecule has 0 unspecified atom stereocenters. The molecule has 0 aliphatic rings. The van der Waals surface area contributed by atoms with Gasteiger partial charge in [0.25, 0.3) is 5.91 Å². The minimum Gasteiger partial charge on any atom is -0.507 e. The molecule has 1 aromatic carbocycles. The molecule has 0 aliphatic heterocycles. The average molecular weight is 400 g/mol. The Bertz CT molecular complexity index is 1080. The molecule has 0 spiro atoms. The minimum atomic E-state index is -0.708. The fourth-order valence-corrected chi connectivity index (χ4v) is 3.34. The number of thiazole rings is 1. The van der Waals surface area contributed by atoms with Gasteiger partial charge in [-0.1, -0.05) is 0 Å². The van der Waals surface area contributed by atoms with Crippen molar-refractivity contribution in [1.82, 2.24) is 4.68 Å². The number of rotatable bonds is 7. The Morgan fingerprint density at radius 2 is 2.21 bits per heavy atom. The number of benzene rings is 1. The van der Waals surface area contributed by atoms with Gasteiger partial charge in [0.15, 0.2) is 0 Å². The van der Waals surface area contributed by atoms with Crippen LogP contribution in [-0.4, -0.2) is 42.2 Å². The molecule has 146 valence electrons. The van der Waals surface area contributed by atoms with Crippen molar-refractivity contribution in [3.8, 4) is 17.0 Å². The van der Waals surface area contributed by atoms with E-state index in [1.807, 2.05) is 24.4 Å². The van der Waals surface area contributed by atoms with Crippen LogP contribution >= 0.6 is 11.3 Å². The van der Waals surface area contributed by atoms with Crippen LogP contribution in [0.4, 0.5) is 0 Å². The van der Waals surface area contributed by atoms with Gasteiger partial charge < -0.3 is 20.0 Å². The van der Waals surface area contributed by atoms with Crippen LogP contribution in [0, 0.1) is 6.92 Å². The summed E-state index contributed by atoms with van der Waals surface area (Å²) >= 11 is 1.40. The highest BCUT2D eigenvalue weighted by molar-refractivity contribution is 7.07. The lowest BCUT2D eigenvalue weighted by Crippen LogP contribution is -2.14. The lowest BCUT2D eigenvalue weighted by atomic mass is 10.1. The van der Waals surface area contributed by atoms with Gasteiger partial charge in [-0.15, -0.1) is 11.3 Å². The van der Waals surface area contributed by atoms with Gasteiger partial charge in [-0.25, -0.2) is 4.68 Å². The SMILES string of the molecule is COCCN=c1scc(-c2ccc(O)c(C(N)=O)c2)n1/N=C\c1ccc(C)o1. The zero-order chi connectivity index (χ0) is 20.1. The number of amides is 1. The first-order chi connectivity index (χ1) is 13.5. The third-order valence-corrected chi connectivity index (χ3v) is 4.70. The van der Waals surface area contributed by atoms with Gasteiger partial charge in [0.1, 0.15) is 17.3 Å². The Morgan fingerprint density at radius 3 is 2.89 bits per heavy atom. The standard InChI is InChI=1S/C19H20N4O4S/c1-12-3-5-14(27-12)10-22-23-16(11-28-19(23)21-7-8-26-2)13-4-6-17(24)15(9-13)18(20)25/h3-6,9-11,24H,7-8H2,1-2H3,(H2,20,25)/b21-19?,22-10-. The molecular weight excluding hydrogens is 380 g/mol. The average Bonchev–Trinajstić information content (AvgIpc) is 3.26. The summed E-state index contributed by atoms with van der Waals surface area (Å²) in [5.41, 5.74) is 6.75. The van der Waals surface area contributed by atoms with E-state index in [0.717, 1.165) is 5.76 Å². The third kappa shape index (κ3) is 4.38. The predicted molar refractivity (Wildman–Crippen MR) is 107 cm³/mol. The molecule has 28 heavy (non-hydrogen) atoms. The molecule has 3 N–H and O–H groups in total. The van der Waals surface area contributed by atoms with Crippen LogP contribution in [0.15, 0.2) is 50.2 Å². The van der Waals surface area contributed by atoms with Gasteiger partial charge in [-0.3, -0.25) is 9.79 Å². The van der Waals surface area contributed by atoms with E-state index in [1.165, 1.54) is 23.5 Å². The molecule has 0 saturated heterocycles. The summed E-state index contributed by atoms with van der Waals surface area (Å²) in [6, 6.07) is 8.31. The largest absolute Gasteiger partial charge is 0.507 e. The summed E-state index contributed by atoms with van der Waals surface area (Å²) in [6.07, 6.45) is 1.59. The smallest absolute Gasteiger partial charge is 0.252 e. The second-order valence-corrected chi connectivity index (χ2v) is 6.72. The lowest BCUT2D eigenvalue weighted by molar-refractivity contribution is 0.0998. The number of aromatic hydroxyl groups is 1. The van der Waals surface area contributed by atoms with Gasteiger partial charge >= 0.3 is 0 Å². The molecule has 1 amide bonds. The van der Waals surface area contributed by atoms with Crippen molar-refractivity contribution in [1.29, 1.82) is 0 Å². The number of hydrogen-bond donors (Lipinski definition) is 2. The lowest BCUT2D eigenvalue weighted by Gasteiger charge is -2.06. The van der Waals surface area contributed by atoms with E-state index >= 15 is 0 Å². The Balaban J connectivity index is 2.08. The van der Waals surface area contributed by atoms with E-state index in [0.29, 0.717) is 35.0 Å². The number of primary amides is 1. The Labute approximate surface area is 165 Å². The van der Waals surface area contributed by atoms with Crippen LogP contribution < -0.4 is 10.5 Å². The molecule has 0 atom stereocenters. The molecule has 2 heterocycles. The number of furan rings is 1. The highest BCUT2D eigenvalue weighted by atomic mass is 32.1. The summed E-state index contributed by atoms with van der Waals surface area (Å²) < 4.78 is 12.2. The molecule has 0 aliphatic carbocycles. The highest BCUT2D eigenvalue weighted by Gasteiger charge is 2.13. The van der Waals surface area contributed by atoms with Gasteiger partial charge in [-0.05, 0) is 37.3 Å². The fourth-order valence-electron chi connectivity index (χ4n) is 2.48. The number of methoxy groups -OCH3 is 1. The first kappa shape index (κ1) is 19.6. The molecule has 2 aromatic heterocycles. The maximum absolute atomic E-state index is 11.6. The topological polar surface area (TPSA) is 115 Å². The number of phenols is 1. The van der Waals surface area contributed by atoms with E-state index in [2.05, 4.69) is 10.1 Å². The maximum atomic E-state index is 11.6. The molecule has 8 nitrogen and oxygen atoms in total. The number of nitrogens with two attached hydrogens (primary N) is 1. The summed E-state index contributed by atoms with van der Waals surface area (Å²) in [4.78, 5) is 16.7. The van der Waals surface area contributed by atoms with Crippen molar-refractivity contribution in [3.63, 3.8) is 0 Å². The van der Waals surface area contributed by atoms with E-state index < -0.39 is 5.91 Å². The number of carbonyl (C=O) groups excluding carboxylic acids is 1. The maximum Gasteiger partial charge on any atom is 0.252 e. The summed E-state index contributed by atoms with van der Waals surface area (Å²) in [5.74, 6) is 0.512. The first-order valence-corrected chi connectivity index (χ1v) is 9.31. The molecular formula is C19H20N4O4S. The zero-order valence-electron chi connectivity index (χ0n) is 15.5. The molecule has 3 aromatic rings. The van der Waals surface area contributed by atoms with Gasteiger partial charge in [0.05, 0.1) is 30.6 Å². The monoisotopic (exact) mass is 400 g/mol. The van der Waals surface area contributed by atoms with Crippen molar-refractivity contribution in [2.45, 2.75) is 6.92 Å². The Hall–Kier alpha value is -3.17. The van der Waals surface area contributed by atoms with Crippen LogP contribution in [-0.2, 0) is 4.74 Å². The van der Waals surface area contributed by atoms with Gasteiger partial charge in [0, 0.05) is 18.1 Å². The highest BCUT2D eigenvalue weighted by Crippen LogP contribution is 2.26.